The zero-order chi connectivity index (χ0) is 23.4. The number of hydrogen-bond donors (Lipinski definition) is 1. The smallest absolute Gasteiger partial charge is 0.375 e. The number of H-pyrrole nitrogens is 1. The number of fused-ring (bicyclic) bond motifs is 1. The average molecular weight is 441 g/mol. The molecule has 0 atom stereocenters. The van der Waals surface area contributed by atoms with Gasteiger partial charge in [0.05, 0.1) is 19.3 Å². The van der Waals surface area contributed by atoms with Crippen molar-refractivity contribution in [1.82, 2.24) is 4.98 Å². The molecule has 32 heavy (non-hydrogen) atoms. The normalized spacial score (nSPS) is 11.2. The number of benzene rings is 1. The van der Waals surface area contributed by atoms with Crippen molar-refractivity contribution in [3.63, 3.8) is 0 Å². The van der Waals surface area contributed by atoms with E-state index in [1.165, 1.54) is 0 Å². The highest BCUT2D eigenvalue weighted by atomic mass is 16.5. The topological polar surface area (TPSA) is 108 Å². The van der Waals surface area contributed by atoms with Gasteiger partial charge in [-0.2, -0.15) is 0 Å². The fourth-order valence-corrected chi connectivity index (χ4v) is 3.50. The number of nitrogens with one attached hydrogen (secondary N) is 1. The Morgan fingerprint density at radius 2 is 1.78 bits per heavy atom. The van der Waals surface area contributed by atoms with E-state index in [1.807, 2.05) is 26.0 Å². The average Bonchev–Trinajstić information content (AvgIpc) is 3.27. The van der Waals surface area contributed by atoms with Gasteiger partial charge >= 0.3 is 11.9 Å². The first-order valence-electron chi connectivity index (χ1n) is 10.4. The number of Topliss-reactive ketones (excluding diaryl/α,β-unsaturated/α-hetero) is 1. The molecule has 170 valence electrons. The maximum absolute atomic E-state index is 12.8. The van der Waals surface area contributed by atoms with E-state index in [9.17, 15) is 14.4 Å². The van der Waals surface area contributed by atoms with Crippen LogP contribution in [0.4, 0.5) is 0 Å². The zero-order valence-electron chi connectivity index (χ0n) is 18.9. The van der Waals surface area contributed by atoms with E-state index in [2.05, 4.69) is 4.98 Å². The van der Waals surface area contributed by atoms with Crippen molar-refractivity contribution in [2.75, 3.05) is 13.2 Å². The van der Waals surface area contributed by atoms with E-state index >= 15 is 0 Å². The highest BCUT2D eigenvalue weighted by molar-refractivity contribution is 6.04. The quantitative estimate of drug-likeness (QED) is 0.384. The molecule has 1 aromatic carbocycles. The number of aromatic nitrogens is 1. The van der Waals surface area contributed by atoms with Crippen LogP contribution in [0.5, 0.6) is 0 Å². The summed E-state index contributed by atoms with van der Waals surface area (Å²) < 4.78 is 21.7. The molecule has 0 amide bonds. The van der Waals surface area contributed by atoms with Gasteiger partial charge in [-0.15, -0.1) is 0 Å². The molecule has 0 fully saturated rings. The van der Waals surface area contributed by atoms with Gasteiger partial charge < -0.3 is 23.6 Å². The number of hydrogen-bond acceptors (Lipinski definition) is 7. The lowest BCUT2D eigenvalue weighted by Crippen LogP contribution is -2.16. The van der Waals surface area contributed by atoms with Crippen LogP contribution in [0.2, 0.25) is 0 Å². The van der Waals surface area contributed by atoms with Crippen LogP contribution in [0.15, 0.2) is 28.7 Å². The standard InChI is InChI=1S/C24H27NO7/c1-6-29-23(27)21-14(4)20(15(5)25-21)18(26)12-31-24(28)22-17(11-30-13(2)3)16-9-7-8-10-19(16)32-22/h7-10,13,25H,6,11-12H2,1-5H3. The molecule has 0 saturated carbocycles. The molecule has 2 aromatic heterocycles. The molecule has 3 aromatic rings. The summed E-state index contributed by atoms with van der Waals surface area (Å²) in [6.07, 6.45) is -0.0396. The monoisotopic (exact) mass is 441 g/mol. The van der Waals surface area contributed by atoms with Crippen LogP contribution in [0.1, 0.15) is 69.0 Å². The summed E-state index contributed by atoms with van der Waals surface area (Å²) in [5, 5.41) is 0.753. The Morgan fingerprint density at radius 1 is 1.06 bits per heavy atom. The van der Waals surface area contributed by atoms with E-state index in [-0.39, 0.29) is 30.8 Å². The van der Waals surface area contributed by atoms with E-state index in [4.69, 9.17) is 18.6 Å². The molecule has 0 aliphatic rings. The molecular weight excluding hydrogens is 414 g/mol. The molecule has 0 aliphatic carbocycles. The van der Waals surface area contributed by atoms with E-state index < -0.39 is 24.3 Å². The summed E-state index contributed by atoms with van der Waals surface area (Å²) in [4.78, 5) is 40.5. The van der Waals surface area contributed by atoms with Crippen molar-refractivity contribution < 1.29 is 33.0 Å². The minimum Gasteiger partial charge on any atom is -0.461 e. The number of ether oxygens (including phenoxy) is 3. The fourth-order valence-electron chi connectivity index (χ4n) is 3.50. The van der Waals surface area contributed by atoms with Crippen molar-refractivity contribution in [3.8, 4) is 0 Å². The second-order valence-electron chi connectivity index (χ2n) is 7.61. The van der Waals surface area contributed by atoms with Crippen molar-refractivity contribution in [1.29, 1.82) is 0 Å². The zero-order valence-corrected chi connectivity index (χ0v) is 18.9. The molecular formula is C24H27NO7. The number of aromatic amines is 1. The minimum atomic E-state index is -0.756. The van der Waals surface area contributed by atoms with E-state index in [0.717, 1.165) is 5.39 Å². The molecule has 8 nitrogen and oxygen atoms in total. The van der Waals surface area contributed by atoms with Crippen LogP contribution in [0, 0.1) is 13.8 Å². The number of para-hydroxylation sites is 1. The molecule has 0 saturated heterocycles. The van der Waals surface area contributed by atoms with Crippen molar-refractivity contribution in [3.05, 3.63) is 58.1 Å². The van der Waals surface area contributed by atoms with Gasteiger partial charge in [-0.1, -0.05) is 18.2 Å². The van der Waals surface area contributed by atoms with Gasteiger partial charge in [-0.25, -0.2) is 9.59 Å². The molecule has 2 heterocycles. The second kappa shape index (κ2) is 9.82. The summed E-state index contributed by atoms with van der Waals surface area (Å²) in [6.45, 7) is 8.70. The maximum atomic E-state index is 12.8. The van der Waals surface area contributed by atoms with Crippen LogP contribution >= 0.6 is 0 Å². The Kier molecular flexibility index (Phi) is 7.15. The van der Waals surface area contributed by atoms with Gasteiger partial charge in [0.15, 0.2) is 6.61 Å². The summed E-state index contributed by atoms with van der Waals surface area (Å²) in [6, 6.07) is 7.23. The van der Waals surface area contributed by atoms with Gasteiger partial charge in [0.1, 0.15) is 11.3 Å². The highest BCUT2D eigenvalue weighted by Gasteiger charge is 2.26. The fraction of sp³-hybridized carbons (Fsp3) is 0.375. The number of rotatable bonds is 9. The number of carbonyl (C=O) groups excluding carboxylic acids is 3. The Hall–Kier alpha value is -3.39. The molecule has 0 unspecified atom stereocenters. The van der Waals surface area contributed by atoms with Crippen molar-refractivity contribution in [2.24, 2.45) is 0 Å². The Morgan fingerprint density at radius 3 is 2.47 bits per heavy atom. The van der Waals surface area contributed by atoms with Crippen LogP contribution < -0.4 is 0 Å². The van der Waals surface area contributed by atoms with Crippen molar-refractivity contribution in [2.45, 2.75) is 47.3 Å². The number of esters is 2. The second-order valence-corrected chi connectivity index (χ2v) is 7.61. The van der Waals surface area contributed by atoms with Gasteiger partial charge in [-0.3, -0.25) is 4.79 Å². The largest absolute Gasteiger partial charge is 0.461 e. The predicted octanol–water partition coefficient (Wildman–Crippen LogP) is 4.52. The first kappa shape index (κ1) is 23.3. The van der Waals surface area contributed by atoms with E-state index in [0.29, 0.717) is 28.0 Å². The first-order valence-corrected chi connectivity index (χ1v) is 10.4. The van der Waals surface area contributed by atoms with Gasteiger partial charge in [-0.05, 0) is 46.2 Å². The molecule has 8 heteroatoms. The Balaban J connectivity index is 1.79. The summed E-state index contributed by atoms with van der Waals surface area (Å²) in [5.41, 5.74) is 2.58. The highest BCUT2D eigenvalue weighted by Crippen LogP contribution is 2.28. The molecule has 0 bridgehead atoms. The first-order chi connectivity index (χ1) is 15.2. The lowest BCUT2D eigenvalue weighted by atomic mass is 10.1. The number of aryl methyl sites for hydroxylation is 1. The molecule has 0 spiro atoms. The SMILES string of the molecule is CCOC(=O)c1[nH]c(C)c(C(=O)COC(=O)c2oc3ccccc3c2COC(C)C)c1C. The summed E-state index contributed by atoms with van der Waals surface area (Å²) in [5.74, 6) is -1.72. The maximum Gasteiger partial charge on any atom is 0.375 e. The van der Waals surface area contributed by atoms with E-state index in [1.54, 1.807) is 32.9 Å². The molecule has 3 rings (SSSR count). The van der Waals surface area contributed by atoms with Crippen LogP contribution in [-0.4, -0.2) is 42.0 Å². The predicted molar refractivity (Wildman–Crippen MR) is 117 cm³/mol. The third kappa shape index (κ3) is 4.75. The van der Waals surface area contributed by atoms with Crippen LogP contribution in [0.3, 0.4) is 0 Å². The van der Waals surface area contributed by atoms with Crippen molar-refractivity contribution >= 4 is 28.7 Å². The third-order valence-corrected chi connectivity index (χ3v) is 4.97. The van der Waals surface area contributed by atoms with Crippen LogP contribution in [-0.2, 0) is 20.8 Å². The van der Waals surface area contributed by atoms with Crippen LogP contribution in [0.25, 0.3) is 11.0 Å². The number of furan rings is 1. The number of carbonyl (C=O) groups is 3. The number of ketones is 1. The molecule has 0 radical (unpaired) electrons. The lowest BCUT2D eigenvalue weighted by molar-refractivity contribution is 0.0422. The molecule has 1 N–H and O–H groups in total. The Labute approximate surface area is 185 Å². The minimum absolute atomic E-state index is 0.00868. The van der Waals surface area contributed by atoms with Gasteiger partial charge in [0.2, 0.25) is 11.5 Å². The lowest BCUT2D eigenvalue weighted by Gasteiger charge is -2.08. The molecule has 0 aliphatic heterocycles. The third-order valence-electron chi connectivity index (χ3n) is 4.97. The van der Waals surface area contributed by atoms with Gasteiger partial charge in [0, 0.05) is 22.2 Å². The Bertz CT molecular complexity index is 1150. The summed E-state index contributed by atoms with van der Waals surface area (Å²) in [7, 11) is 0. The van der Waals surface area contributed by atoms with Gasteiger partial charge in [0.25, 0.3) is 0 Å². The summed E-state index contributed by atoms with van der Waals surface area (Å²) >= 11 is 0.